The number of alkyl halides is 3. The molecule has 2 saturated heterocycles. The zero-order valence-electron chi connectivity index (χ0n) is 19.6. The average molecular weight is 526 g/mol. The predicted octanol–water partition coefficient (Wildman–Crippen LogP) is 5.40. The number of aromatic nitrogens is 1. The van der Waals surface area contributed by atoms with Gasteiger partial charge in [-0.2, -0.15) is 13.2 Å². The molecular formula is C26H35ClF3N5O. The molecule has 3 heterocycles. The monoisotopic (exact) mass is 525 g/mol. The van der Waals surface area contributed by atoms with Crippen LogP contribution in [0.1, 0.15) is 38.7 Å². The number of hydrogen-bond donors (Lipinski definition) is 1. The number of halogens is 4. The van der Waals surface area contributed by atoms with Gasteiger partial charge in [0.15, 0.2) is 0 Å². The fourth-order valence-corrected chi connectivity index (χ4v) is 4.75. The van der Waals surface area contributed by atoms with Gasteiger partial charge < -0.3 is 15.1 Å². The van der Waals surface area contributed by atoms with Gasteiger partial charge in [-0.3, -0.25) is 9.69 Å². The van der Waals surface area contributed by atoms with Crippen LogP contribution in [0.5, 0.6) is 0 Å². The molecule has 4 rings (SSSR count). The van der Waals surface area contributed by atoms with Gasteiger partial charge in [0.25, 0.3) is 0 Å². The molecule has 0 spiro atoms. The molecule has 0 atom stereocenters. The predicted molar refractivity (Wildman–Crippen MR) is 139 cm³/mol. The van der Waals surface area contributed by atoms with Crippen LogP contribution in [0.2, 0.25) is 5.02 Å². The third-order valence-corrected chi connectivity index (χ3v) is 6.97. The number of pyridine rings is 1. The highest BCUT2D eigenvalue weighted by Crippen LogP contribution is 2.29. The molecule has 10 heteroatoms. The molecule has 0 unspecified atom stereocenters. The van der Waals surface area contributed by atoms with Gasteiger partial charge in [-0.15, -0.1) is 0 Å². The van der Waals surface area contributed by atoms with Gasteiger partial charge >= 0.3 is 6.18 Å². The molecule has 2 aromatic rings. The summed E-state index contributed by atoms with van der Waals surface area (Å²) in [7, 11) is 0. The van der Waals surface area contributed by atoms with E-state index in [0.29, 0.717) is 25.3 Å². The summed E-state index contributed by atoms with van der Waals surface area (Å²) >= 11 is 5.98. The second-order valence-electron chi connectivity index (χ2n) is 9.14. The number of benzene rings is 1. The van der Waals surface area contributed by atoms with E-state index in [9.17, 15) is 18.0 Å². The van der Waals surface area contributed by atoms with Crippen molar-refractivity contribution in [2.45, 2.75) is 45.3 Å². The zero-order valence-corrected chi connectivity index (χ0v) is 20.4. The topological polar surface area (TPSA) is 51.7 Å². The SMILES string of the molecule is C.O=C(CCCN1CCN(c2ccc(Cl)cc2)CC1)N1CCC(Nc2ccc(C(F)(F)F)cn2)CC1. The van der Waals surface area contributed by atoms with Gasteiger partial charge in [-0.05, 0) is 62.2 Å². The molecule has 1 amide bonds. The van der Waals surface area contributed by atoms with Gasteiger partial charge in [0, 0.05) is 68.6 Å². The number of rotatable bonds is 7. The van der Waals surface area contributed by atoms with Crippen molar-refractivity contribution < 1.29 is 18.0 Å². The highest BCUT2D eigenvalue weighted by atomic mass is 35.5. The summed E-state index contributed by atoms with van der Waals surface area (Å²) < 4.78 is 38.0. The highest BCUT2D eigenvalue weighted by Gasteiger charge is 2.31. The Balaban J connectivity index is 0.00000361. The number of amides is 1. The molecule has 2 aliphatic heterocycles. The first kappa shape index (κ1) is 28.1. The lowest BCUT2D eigenvalue weighted by atomic mass is 10.0. The summed E-state index contributed by atoms with van der Waals surface area (Å²) in [5.41, 5.74) is 0.433. The van der Waals surface area contributed by atoms with Crippen LogP contribution in [-0.2, 0) is 11.0 Å². The smallest absolute Gasteiger partial charge is 0.369 e. The molecule has 198 valence electrons. The molecule has 1 N–H and O–H groups in total. The summed E-state index contributed by atoms with van der Waals surface area (Å²) in [6, 6.07) is 10.4. The van der Waals surface area contributed by atoms with E-state index >= 15 is 0 Å². The largest absolute Gasteiger partial charge is 0.417 e. The minimum absolute atomic E-state index is 0. The molecule has 6 nitrogen and oxygen atoms in total. The van der Waals surface area contributed by atoms with E-state index in [2.05, 4.69) is 32.2 Å². The minimum atomic E-state index is -4.39. The molecule has 2 aliphatic rings. The summed E-state index contributed by atoms with van der Waals surface area (Å²) in [5.74, 6) is 0.606. The van der Waals surface area contributed by atoms with Crippen molar-refractivity contribution in [1.82, 2.24) is 14.8 Å². The van der Waals surface area contributed by atoms with Crippen molar-refractivity contribution in [3.05, 3.63) is 53.2 Å². The Kier molecular flexibility index (Phi) is 9.84. The molecule has 0 aliphatic carbocycles. The highest BCUT2D eigenvalue weighted by molar-refractivity contribution is 6.30. The van der Waals surface area contributed by atoms with Crippen molar-refractivity contribution in [1.29, 1.82) is 0 Å². The van der Waals surface area contributed by atoms with Crippen molar-refractivity contribution in [3.63, 3.8) is 0 Å². The maximum Gasteiger partial charge on any atom is 0.417 e. The van der Waals surface area contributed by atoms with Crippen LogP contribution in [-0.4, -0.2) is 72.5 Å². The molecule has 2 fully saturated rings. The quantitative estimate of drug-likeness (QED) is 0.525. The van der Waals surface area contributed by atoms with E-state index in [4.69, 9.17) is 11.6 Å². The van der Waals surface area contributed by atoms with Gasteiger partial charge in [-0.25, -0.2) is 4.98 Å². The van der Waals surface area contributed by atoms with Crippen molar-refractivity contribution in [2.24, 2.45) is 0 Å². The van der Waals surface area contributed by atoms with Crippen LogP contribution in [0.3, 0.4) is 0 Å². The summed E-state index contributed by atoms with van der Waals surface area (Å²) in [5, 5.41) is 3.93. The van der Waals surface area contributed by atoms with E-state index in [0.717, 1.165) is 69.3 Å². The normalized spacial score (nSPS) is 17.6. The second-order valence-corrected chi connectivity index (χ2v) is 9.57. The van der Waals surface area contributed by atoms with Crippen molar-refractivity contribution in [3.8, 4) is 0 Å². The Morgan fingerprint density at radius 3 is 2.25 bits per heavy atom. The molecule has 0 radical (unpaired) electrons. The Hall–Kier alpha value is -2.52. The van der Waals surface area contributed by atoms with E-state index in [1.165, 1.54) is 11.8 Å². The zero-order chi connectivity index (χ0) is 24.8. The number of anilines is 2. The van der Waals surface area contributed by atoms with Crippen LogP contribution >= 0.6 is 11.6 Å². The van der Waals surface area contributed by atoms with E-state index in [-0.39, 0.29) is 19.4 Å². The lowest BCUT2D eigenvalue weighted by Crippen LogP contribution is -2.47. The first-order valence-corrected chi connectivity index (χ1v) is 12.5. The number of piperidine rings is 1. The van der Waals surface area contributed by atoms with Gasteiger partial charge in [0.1, 0.15) is 5.82 Å². The van der Waals surface area contributed by atoms with Gasteiger partial charge in [0.05, 0.1) is 5.56 Å². The van der Waals surface area contributed by atoms with Crippen LogP contribution in [0.15, 0.2) is 42.6 Å². The summed E-state index contributed by atoms with van der Waals surface area (Å²) in [6.07, 6.45) is -0.660. The Labute approximate surface area is 216 Å². The lowest BCUT2D eigenvalue weighted by molar-refractivity contribution is -0.137. The third-order valence-electron chi connectivity index (χ3n) is 6.72. The molecule has 0 saturated carbocycles. The van der Waals surface area contributed by atoms with E-state index in [1.54, 1.807) is 0 Å². The Bertz CT molecular complexity index is 955. The third kappa shape index (κ3) is 7.74. The fourth-order valence-electron chi connectivity index (χ4n) is 4.62. The Morgan fingerprint density at radius 1 is 1.00 bits per heavy atom. The van der Waals surface area contributed by atoms with E-state index < -0.39 is 11.7 Å². The Morgan fingerprint density at radius 2 is 1.67 bits per heavy atom. The van der Waals surface area contributed by atoms with E-state index in [1.807, 2.05) is 17.0 Å². The summed E-state index contributed by atoms with van der Waals surface area (Å²) in [6.45, 7) is 6.09. The lowest BCUT2D eigenvalue weighted by Gasteiger charge is -2.36. The van der Waals surface area contributed by atoms with Crippen molar-refractivity contribution in [2.75, 3.05) is 56.0 Å². The van der Waals surface area contributed by atoms with Gasteiger partial charge in [-0.1, -0.05) is 19.0 Å². The number of piperazine rings is 1. The number of nitrogens with zero attached hydrogens (tertiary/aromatic N) is 4. The van der Waals surface area contributed by atoms with Crippen LogP contribution < -0.4 is 10.2 Å². The summed E-state index contributed by atoms with van der Waals surface area (Å²) in [4.78, 5) is 23.2. The molecule has 1 aromatic heterocycles. The fraction of sp³-hybridized carbons (Fsp3) is 0.538. The van der Waals surface area contributed by atoms with Crippen LogP contribution in [0.25, 0.3) is 0 Å². The molecular weight excluding hydrogens is 491 g/mol. The van der Waals surface area contributed by atoms with Gasteiger partial charge in [0.2, 0.25) is 5.91 Å². The number of carbonyl (C=O) groups is 1. The molecule has 1 aromatic carbocycles. The van der Waals surface area contributed by atoms with Crippen LogP contribution in [0.4, 0.5) is 24.7 Å². The number of likely N-dealkylation sites (tertiary alicyclic amines) is 1. The number of nitrogens with one attached hydrogen (secondary N) is 1. The molecule has 36 heavy (non-hydrogen) atoms. The van der Waals surface area contributed by atoms with Crippen LogP contribution in [0, 0.1) is 0 Å². The maximum atomic E-state index is 12.7. The first-order valence-electron chi connectivity index (χ1n) is 12.1. The molecule has 0 bridgehead atoms. The maximum absolute atomic E-state index is 12.7. The number of hydrogen-bond acceptors (Lipinski definition) is 5. The first-order chi connectivity index (χ1) is 16.8. The second kappa shape index (κ2) is 12.6. The minimum Gasteiger partial charge on any atom is -0.369 e. The number of carbonyl (C=O) groups excluding carboxylic acids is 1. The average Bonchev–Trinajstić information content (AvgIpc) is 2.85. The standard InChI is InChI=1S/C25H31ClF3N5O.CH4/c26-20-4-6-22(7-5-20)33-16-14-32(15-17-33)11-1-2-24(35)34-12-9-21(10-13-34)31-23-8-3-19(18-30-23)25(27,28)29;/h3-8,18,21H,1-2,9-17H2,(H,30,31);1H4. The van der Waals surface area contributed by atoms with Crippen molar-refractivity contribution >= 4 is 29.0 Å².